The van der Waals surface area contributed by atoms with Crippen molar-refractivity contribution in [2.24, 2.45) is 10.9 Å². The van der Waals surface area contributed by atoms with Gasteiger partial charge >= 0.3 is 11.8 Å². The first-order valence-corrected chi connectivity index (χ1v) is 5.50. The number of nitrogens with zero attached hydrogens (tertiary/aromatic N) is 2. The highest BCUT2D eigenvalue weighted by atomic mass is 16.2. The summed E-state index contributed by atoms with van der Waals surface area (Å²) in [5.41, 5.74) is 0. The maximum Gasteiger partial charge on any atom is 0.316 e. The van der Waals surface area contributed by atoms with Gasteiger partial charge in [0.15, 0.2) is 0 Å². The lowest BCUT2D eigenvalue weighted by molar-refractivity contribution is -0.135. The van der Waals surface area contributed by atoms with Crippen molar-refractivity contribution in [1.29, 1.82) is 0 Å². The standard InChI is InChI=1S/C10H16N4O2/c1-14-4-2-7(3-5-14)6-11-10-12-8(15)9(16)13-10/h7H,2-6H2,1H3,(H2,11,12,13,15,16). The second-order valence-corrected chi connectivity index (χ2v) is 4.34. The maximum atomic E-state index is 10.9. The van der Waals surface area contributed by atoms with E-state index < -0.39 is 11.8 Å². The summed E-state index contributed by atoms with van der Waals surface area (Å²) in [5.74, 6) is -0.392. The van der Waals surface area contributed by atoms with Crippen LogP contribution in [0.25, 0.3) is 0 Å². The highest BCUT2D eigenvalue weighted by Gasteiger charge is 2.25. The topological polar surface area (TPSA) is 73.8 Å². The molecule has 0 atom stereocenters. The minimum absolute atomic E-state index is 0.300. The molecule has 2 rings (SSSR count). The van der Waals surface area contributed by atoms with E-state index in [0.29, 0.717) is 18.4 Å². The average molecular weight is 224 g/mol. The van der Waals surface area contributed by atoms with Gasteiger partial charge in [-0.3, -0.25) is 25.2 Å². The van der Waals surface area contributed by atoms with Gasteiger partial charge < -0.3 is 4.90 Å². The van der Waals surface area contributed by atoms with Gasteiger partial charge in [0.1, 0.15) is 0 Å². The molecule has 0 aromatic carbocycles. The second-order valence-electron chi connectivity index (χ2n) is 4.34. The van der Waals surface area contributed by atoms with Crippen LogP contribution in [0, 0.1) is 5.92 Å². The van der Waals surface area contributed by atoms with Crippen molar-refractivity contribution < 1.29 is 9.59 Å². The number of aliphatic imine (C=N–C) groups is 1. The Morgan fingerprint density at radius 1 is 1.25 bits per heavy atom. The molecule has 2 fully saturated rings. The predicted octanol–water partition coefficient (Wildman–Crippen LogP) is -1.07. The number of guanidine groups is 1. The van der Waals surface area contributed by atoms with E-state index in [0.717, 1.165) is 25.9 Å². The number of nitrogens with one attached hydrogen (secondary N) is 2. The molecule has 0 spiro atoms. The quantitative estimate of drug-likeness (QED) is 0.587. The van der Waals surface area contributed by atoms with Crippen LogP contribution in [0.5, 0.6) is 0 Å². The van der Waals surface area contributed by atoms with Crippen molar-refractivity contribution >= 4 is 17.8 Å². The van der Waals surface area contributed by atoms with Crippen molar-refractivity contribution in [2.45, 2.75) is 12.8 Å². The van der Waals surface area contributed by atoms with Gasteiger partial charge in [-0.2, -0.15) is 0 Å². The Morgan fingerprint density at radius 2 is 1.81 bits per heavy atom. The Balaban J connectivity index is 1.81. The lowest BCUT2D eigenvalue weighted by atomic mass is 9.97. The predicted molar refractivity (Wildman–Crippen MR) is 58.8 cm³/mol. The summed E-state index contributed by atoms with van der Waals surface area (Å²) in [6.45, 7) is 2.85. The van der Waals surface area contributed by atoms with Crippen molar-refractivity contribution in [3.8, 4) is 0 Å². The zero-order valence-electron chi connectivity index (χ0n) is 9.32. The molecule has 6 heteroatoms. The van der Waals surface area contributed by atoms with E-state index in [1.54, 1.807) is 0 Å². The van der Waals surface area contributed by atoms with Gasteiger partial charge in [-0.15, -0.1) is 0 Å². The molecule has 0 radical (unpaired) electrons. The first-order valence-electron chi connectivity index (χ1n) is 5.50. The number of amides is 2. The van der Waals surface area contributed by atoms with E-state index >= 15 is 0 Å². The molecule has 6 nitrogen and oxygen atoms in total. The molecule has 2 amide bonds. The Kier molecular flexibility index (Phi) is 3.19. The Labute approximate surface area is 94.1 Å². The molecule has 16 heavy (non-hydrogen) atoms. The minimum Gasteiger partial charge on any atom is -0.306 e. The fourth-order valence-electron chi connectivity index (χ4n) is 1.90. The molecule has 0 aliphatic carbocycles. The Hall–Kier alpha value is -1.43. The molecular formula is C10H16N4O2. The van der Waals surface area contributed by atoms with Crippen LogP contribution >= 0.6 is 0 Å². The number of carbonyl (C=O) groups excluding carboxylic acids is 2. The van der Waals surface area contributed by atoms with Gasteiger partial charge in [0.25, 0.3) is 0 Å². The third-order valence-corrected chi connectivity index (χ3v) is 3.02. The fraction of sp³-hybridized carbons (Fsp3) is 0.700. The monoisotopic (exact) mass is 224 g/mol. The molecule has 2 aliphatic rings. The zero-order valence-corrected chi connectivity index (χ0v) is 9.32. The normalized spacial score (nSPS) is 23.2. The minimum atomic E-state index is -0.623. The van der Waals surface area contributed by atoms with Crippen LogP contribution < -0.4 is 10.6 Å². The van der Waals surface area contributed by atoms with Crippen LogP contribution in [0.15, 0.2) is 4.99 Å². The third-order valence-electron chi connectivity index (χ3n) is 3.02. The third kappa shape index (κ3) is 2.57. The van der Waals surface area contributed by atoms with Gasteiger partial charge in [-0.1, -0.05) is 0 Å². The molecule has 88 valence electrons. The molecule has 0 aromatic heterocycles. The molecule has 0 bridgehead atoms. The van der Waals surface area contributed by atoms with Crippen LogP contribution in [0.3, 0.4) is 0 Å². The summed E-state index contributed by atoms with van der Waals surface area (Å²) in [5, 5.41) is 4.78. The number of hydrogen-bond acceptors (Lipinski definition) is 4. The van der Waals surface area contributed by atoms with Crippen LogP contribution in [0.2, 0.25) is 0 Å². The Morgan fingerprint density at radius 3 is 2.38 bits per heavy atom. The number of carbonyl (C=O) groups is 2. The zero-order chi connectivity index (χ0) is 11.5. The summed E-state index contributed by atoms with van der Waals surface area (Å²) < 4.78 is 0. The lowest BCUT2D eigenvalue weighted by Crippen LogP contribution is -2.32. The van der Waals surface area contributed by atoms with Crippen molar-refractivity contribution in [3.05, 3.63) is 0 Å². The van der Waals surface area contributed by atoms with E-state index in [1.165, 1.54) is 0 Å². The molecule has 2 heterocycles. The van der Waals surface area contributed by atoms with E-state index in [4.69, 9.17) is 0 Å². The molecule has 0 saturated carbocycles. The van der Waals surface area contributed by atoms with Crippen LogP contribution in [0.1, 0.15) is 12.8 Å². The number of rotatable bonds is 2. The molecule has 2 aliphatic heterocycles. The van der Waals surface area contributed by atoms with E-state index in [2.05, 4.69) is 27.6 Å². The number of likely N-dealkylation sites (tertiary alicyclic amines) is 1. The Bertz CT molecular complexity index is 314. The summed E-state index contributed by atoms with van der Waals surface area (Å²) in [4.78, 5) is 28.2. The van der Waals surface area contributed by atoms with E-state index in [1.807, 2.05) is 0 Å². The second kappa shape index (κ2) is 4.61. The summed E-state index contributed by atoms with van der Waals surface area (Å²) in [6, 6.07) is 0. The van der Waals surface area contributed by atoms with Crippen molar-refractivity contribution in [1.82, 2.24) is 15.5 Å². The van der Waals surface area contributed by atoms with Gasteiger partial charge in [-0.05, 0) is 38.9 Å². The van der Waals surface area contributed by atoms with Crippen molar-refractivity contribution in [2.75, 3.05) is 26.7 Å². The van der Waals surface area contributed by atoms with E-state index in [-0.39, 0.29) is 0 Å². The largest absolute Gasteiger partial charge is 0.316 e. The number of piperidine rings is 1. The average Bonchev–Trinajstić information content (AvgIpc) is 2.58. The highest BCUT2D eigenvalue weighted by molar-refractivity contribution is 6.45. The summed E-state index contributed by atoms with van der Waals surface area (Å²) >= 11 is 0. The molecular weight excluding hydrogens is 208 g/mol. The SMILES string of the molecule is CN1CCC(CN=C2NC(=O)C(=O)N2)CC1. The molecule has 0 aromatic rings. The van der Waals surface area contributed by atoms with Gasteiger partial charge in [-0.25, -0.2) is 0 Å². The van der Waals surface area contributed by atoms with Crippen LogP contribution in [0.4, 0.5) is 0 Å². The van der Waals surface area contributed by atoms with E-state index in [9.17, 15) is 9.59 Å². The van der Waals surface area contributed by atoms with Crippen molar-refractivity contribution in [3.63, 3.8) is 0 Å². The first-order chi connectivity index (χ1) is 7.65. The van der Waals surface area contributed by atoms with Crippen LogP contribution in [-0.2, 0) is 9.59 Å². The smallest absolute Gasteiger partial charge is 0.306 e. The van der Waals surface area contributed by atoms with Gasteiger partial charge in [0.05, 0.1) is 0 Å². The molecule has 2 N–H and O–H groups in total. The number of hydrogen-bond donors (Lipinski definition) is 2. The lowest BCUT2D eigenvalue weighted by Gasteiger charge is -2.27. The highest BCUT2D eigenvalue weighted by Crippen LogP contribution is 2.15. The fourth-order valence-corrected chi connectivity index (χ4v) is 1.90. The maximum absolute atomic E-state index is 10.9. The summed E-state index contributed by atoms with van der Waals surface area (Å²) in [7, 11) is 2.11. The van der Waals surface area contributed by atoms with Gasteiger partial charge in [0.2, 0.25) is 5.96 Å². The molecule has 0 unspecified atom stereocenters. The van der Waals surface area contributed by atoms with Crippen LogP contribution in [-0.4, -0.2) is 49.4 Å². The van der Waals surface area contributed by atoms with Gasteiger partial charge in [0, 0.05) is 6.54 Å². The first kappa shape index (κ1) is 11.1. The summed E-state index contributed by atoms with van der Waals surface area (Å²) in [6.07, 6.45) is 2.24. The molecule has 2 saturated heterocycles.